The minimum atomic E-state index is -0.449. The van der Waals surface area contributed by atoms with E-state index in [0.29, 0.717) is 29.7 Å². The zero-order valence-corrected chi connectivity index (χ0v) is 19.2. The number of aliphatic hydroxyl groups excluding tert-OH is 1. The molecular weight excluding hydrogens is 416 g/mol. The number of carbonyl (C=O) groups excluding carboxylic acids is 2. The molecule has 0 saturated carbocycles. The molecule has 0 radical (unpaired) electrons. The molecule has 1 N–H and O–H groups in total. The molecule has 0 spiro atoms. The fourth-order valence-corrected chi connectivity index (χ4v) is 5.64. The minimum Gasteiger partial charge on any atom is -0.394 e. The highest BCUT2D eigenvalue weighted by atomic mass is 35.5. The second kappa shape index (κ2) is 9.06. The third-order valence-corrected chi connectivity index (χ3v) is 7.57. The fourth-order valence-electron chi connectivity index (χ4n) is 5.52. The van der Waals surface area contributed by atoms with Crippen molar-refractivity contribution in [1.29, 1.82) is 0 Å². The molecule has 2 atom stereocenters. The molecule has 8 heteroatoms. The van der Waals surface area contributed by atoms with Gasteiger partial charge in [0.2, 0.25) is 5.91 Å². The topological polar surface area (TPSA) is 67.3 Å². The summed E-state index contributed by atoms with van der Waals surface area (Å²) in [5.74, 6) is 0.147. The Bertz CT molecular complexity index is 812. The molecule has 0 aromatic heterocycles. The zero-order valence-electron chi connectivity index (χ0n) is 18.5. The van der Waals surface area contributed by atoms with E-state index in [1.165, 1.54) is 0 Å². The number of nitrogens with zero attached hydrogens (tertiary/aromatic N) is 4. The highest BCUT2D eigenvalue weighted by Gasteiger charge is 2.47. The number of hydrogen-bond donors (Lipinski definition) is 1. The summed E-state index contributed by atoms with van der Waals surface area (Å²) in [6.45, 7) is 9.25. The van der Waals surface area contributed by atoms with Crippen LogP contribution in [0.2, 0.25) is 5.02 Å². The number of fused-ring (bicyclic) bond motifs is 1. The number of hydrogen-bond acceptors (Lipinski definition) is 5. The van der Waals surface area contributed by atoms with Crippen molar-refractivity contribution < 1.29 is 14.7 Å². The Kier molecular flexibility index (Phi) is 6.58. The molecule has 0 aliphatic carbocycles. The number of piperidine rings is 1. The van der Waals surface area contributed by atoms with Crippen LogP contribution >= 0.6 is 11.6 Å². The molecule has 2 unspecified atom stereocenters. The van der Waals surface area contributed by atoms with Gasteiger partial charge in [0.05, 0.1) is 12.1 Å². The van der Waals surface area contributed by atoms with Gasteiger partial charge >= 0.3 is 0 Å². The Morgan fingerprint density at radius 2 is 1.71 bits per heavy atom. The van der Waals surface area contributed by atoms with Crippen LogP contribution in [0.25, 0.3) is 0 Å². The van der Waals surface area contributed by atoms with Crippen LogP contribution in [0, 0.1) is 0 Å². The molecule has 7 nitrogen and oxygen atoms in total. The summed E-state index contributed by atoms with van der Waals surface area (Å²) in [4.78, 5) is 33.6. The molecule has 3 aliphatic rings. The van der Waals surface area contributed by atoms with Crippen LogP contribution in [0.1, 0.15) is 37.0 Å². The van der Waals surface area contributed by atoms with Gasteiger partial charge in [-0.1, -0.05) is 11.6 Å². The molecule has 4 rings (SSSR count). The van der Waals surface area contributed by atoms with E-state index in [2.05, 4.69) is 16.7 Å². The number of halogens is 1. The van der Waals surface area contributed by atoms with E-state index in [1.807, 2.05) is 9.80 Å². The van der Waals surface area contributed by atoms with Crippen LogP contribution in [-0.2, 0) is 4.79 Å². The Morgan fingerprint density at radius 3 is 2.32 bits per heavy atom. The van der Waals surface area contributed by atoms with Gasteiger partial charge in [-0.2, -0.15) is 0 Å². The minimum absolute atomic E-state index is 0.0112. The number of amides is 2. The molecule has 2 amide bonds. The first-order valence-corrected chi connectivity index (χ1v) is 11.6. The summed E-state index contributed by atoms with van der Waals surface area (Å²) in [5.41, 5.74) is 0.178. The highest BCUT2D eigenvalue weighted by Crippen LogP contribution is 2.31. The summed E-state index contributed by atoms with van der Waals surface area (Å²) in [6.07, 6.45) is 1.99. The molecule has 31 heavy (non-hydrogen) atoms. The van der Waals surface area contributed by atoms with Crippen LogP contribution in [0.3, 0.4) is 0 Å². The molecular formula is C23H33ClN4O3. The summed E-state index contributed by atoms with van der Waals surface area (Å²) < 4.78 is 0. The van der Waals surface area contributed by atoms with E-state index < -0.39 is 5.54 Å². The Labute approximate surface area is 189 Å². The van der Waals surface area contributed by atoms with Crippen LogP contribution in [0.4, 0.5) is 0 Å². The molecule has 3 aliphatic heterocycles. The van der Waals surface area contributed by atoms with Crippen LogP contribution < -0.4 is 0 Å². The van der Waals surface area contributed by atoms with E-state index in [-0.39, 0.29) is 24.5 Å². The first-order chi connectivity index (χ1) is 14.8. The van der Waals surface area contributed by atoms with Crippen molar-refractivity contribution in [2.45, 2.75) is 44.3 Å². The van der Waals surface area contributed by atoms with Crippen molar-refractivity contribution in [1.82, 2.24) is 19.6 Å². The standard InChI is InChI=1S/C23H33ClN4O3/c1-17(30)25-9-7-20(8-10-25)26-11-12-28-21(13-26)14-27(15-23(28,2)16-29)22(31)18-3-5-19(24)6-4-18/h3-6,20-21,29H,7-16H2,1-2H3. The third kappa shape index (κ3) is 4.60. The van der Waals surface area contributed by atoms with Gasteiger partial charge in [0.25, 0.3) is 5.91 Å². The van der Waals surface area contributed by atoms with Gasteiger partial charge in [0.1, 0.15) is 0 Å². The van der Waals surface area contributed by atoms with Crippen molar-refractivity contribution in [3.63, 3.8) is 0 Å². The van der Waals surface area contributed by atoms with Crippen LogP contribution in [0.15, 0.2) is 24.3 Å². The molecule has 1 aromatic rings. The predicted molar refractivity (Wildman–Crippen MR) is 120 cm³/mol. The van der Waals surface area contributed by atoms with Crippen molar-refractivity contribution in [3.05, 3.63) is 34.9 Å². The number of rotatable bonds is 3. The lowest BCUT2D eigenvalue weighted by Gasteiger charge is -2.57. The smallest absolute Gasteiger partial charge is 0.253 e. The van der Waals surface area contributed by atoms with Crippen molar-refractivity contribution in [2.24, 2.45) is 0 Å². The molecule has 170 valence electrons. The Hall–Kier alpha value is -1.67. The first-order valence-electron chi connectivity index (χ1n) is 11.2. The van der Waals surface area contributed by atoms with Crippen LogP contribution in [-0.4, -0.2) is 107 Å². The van der Waals surface area contributed by atoms with Gasteiger partial charge in [-0.05, 0) is 44.0 Å². The second-order valence-corrected chi connectivity index (χ2v) is 9.86. The summed E-state index contributed by atoms with van der Waals surface area (Å²) in [7, 11) is 0. The maximum Gasteiger partial charge on any atom is 0.253 e. The maximum absolute atomic E-state index is 13.2. The van der Waals surface area contributed by atoms with Crippen molar-refractivity contribution in [2.75, 3.05) is 52.4 Å². The maximum atomic E-state index is 13.2. The number of likely N-dealkylation sites (tertiary alicyclic amines) is 1. The zero-order chi connectivity index (χ0) is 22.2. The van der Waals surface area contributed by atoms with Gasteiger partial charge in [-0.15, -0.1) is 0 Å². The molecule has 3 heterocycles. The Morgan fingerprint density at radius 1 is 1.03 bits per heavy atom. The lowest BCUT2D eigenvalue weighted by Crippen LogP contribution is -2.73. The molecule has 0 bridgehead atoms. The Balaban J connectivity index is 1.46. The van der Waals surface area contributed by atoms with E-state index >= 15 is 0 Å². The molecule has 3 fully saturated rings. The number of piperazine rings is 2. The number of carbonyl (C=O) groups is 2. The average Bonchev–Trinajstić information content (AvgIpc) is 2.78. The summed E-state index contributed by atoms with van der Waals surface area (Å²) >= 11 is 5.99. The highest BCUT2D eigenvalue weighted by molar-refractivity contribution is 6.30. The third-order valence-electron chi connectivity index (χ3n) is 7.32. The van der Waals surface area contributed by atoms with E-state index in [1.54, 1.807) is 31.2 Å². The SMILES string of the molecule is CC(=O)N1CCC(N2CCN3C(CN(C(=O)c4ccc(Cl)cc4)CC3(C)CO)C2)CC1. The first kappa shape index (κ1) is 22.5. The molecule has 3 saturated heterocycles. The monoisotopic (exact) mass is 448 g/mol. The van der Waals surface area contributed by atoms with E-state index in [9.17, 15) is 14.7 Å². The molecule has 1 aromatic carbocycles. The lowest BCUT2D eigenvalue weighted by molar-refractivity contribution is -0.131. The van der Waals surface area contributed by atoms with Gasteiger partial charge < -0.3 is 14.9 Å². The van der Waals surface area contributed by atoms with E-state index in [4.69, 9.17) is 11.6 Å². The quantitative estimate of drug-likeness (QED) is 0.759. The fraction of sp³-hybridized carbons (Fsp3) is 0.652. The van der Waals surface area contributed by atoms with Crippen LogP contribution in [0.5, 0.6) is 0 Å². The number of aliphatic hydroxyl groups is 1. The normalized spacial score (nSPS) is 28.5. The van der Waals surface area contributed by atoms with Gasteiger partial charge in [0.15, 0.2) is 0 Å². The van der Waals surface area contributed by atoms with Gasteiger partial charge in [0, 0.05) is 75.4 Å². The summed E-state index contributed by atoms with van der Waals surface area (Å²) in [6, 6.07) is 7.67. The average molecular weight is 449 g/mol. The lowest BCUT2D eigenvalue weighted by atomic mass is 9.90. The van der Waals surface area contributed by atoms with Gasteiger partial charge in [-0.3, -0.25) is 19.4 Å². The van der Waals surface area contributed by atoms with E-state index in [0.717, 1.165) is 45.6 Å². The van der Waals surface area contributed by atoms with Crippen molar-refractivity contribution in [3.8, 4) is 0 Å². The number of benzene rings is 1. The predicted octanol–water partition coefficient (Wildman–Crippen LogP) is 1.54. The second-order valence-electron chi connectivity index (χ2n) is 9.43. The summed E-state index contributed by atoms with van der Waals surface area (Å²) in [5, 5.41) is 10.9. The van der Waals surface area contributed by atoms with Crippen molar-refractivity contribution >= 4 is 23.4 Å². The largest absolute Gasteiger partial charge is 0.394 e. The van der Waals surface area contributed by atoms with Gasteiger partial charge in [-0.25, -0.2) is 0 Å².